The molecule has 1 aromatic heterocycles. The summed E-state index contributed by atoms with van der Waals surface area (Å²) in [7, 11) is 0. The molecule has 2 rings (SSSR count). The van der Waals surface area contributed by atoms with Gasteiger partial charge in [-0.1, -0.05) is 13.3 Å². The number of carbonyl (C=O) groups excluding carboxylic acids is 1. The molecule has 0 aliphatic rings. The van der Waals surface area contributed by atoms with Crippen molar-refractivity contribution in [2.24, 2.45) is 0 Å². The molecule has 0 fully saturated rings. The molecule has 20 heavy (non-hydrogen) atoms. The Morgan fingerprint density at radius 3 is 2.60 bits per heavy atom. The van der Waals surface area contributed by atoms with Gasteiger partial charge < -0.3 is 4.90 Å². The molecule has 0 atom stereocenters. The number of halogens is 1. The topological polar surface area (TPSA) is 33.2 Å². The third-order valence-electron chi connectivity index (χ3n) is 2.92. The normalized spacial score (nSPS) is 10.3. The monoisotopic (exact) mass is 271 g/mol. The summed E-state index contributed by atoms with van der Waals surface area (Å²) < 4.78 is 13.0. The zero-order chi connectivity index (χ0) is 14.4. The van der Waals surface area contributed by atoms with Gasteiger partial charge in [0.1, 0.15) is 5.82 Å². The lowest BCUT2D eigenvalue weighted by Crippen LogP contribution is -2.32. The van der Waals surface area contributed by atoms with E-state index in [4.69, 9.17) is 0 Å². The highest BCUT2D eigenvalue weighted by Gasteiger charge is 2.17. The minimum atomic E-state index is -0.320. The van der Waals surface area contributed by atoms with Crippen LogP contribution >= 0.6 is 0 Å². The van der Waals surface area contributed by atoms with Crippen LogP contribution in [0.15, 0.2) is 48.8 Å². The number of aromatic nitrogens is 1. The zero-order valence-corrected chi connectivity index (χ0v) is 11.1. The van der Waals surface area contributed by atoms with Crippen molar-refractivity contribution in [3.05, 3.63) is 67.1 Å². The number of hydrogen-bond donors (Lipinski definition) is 0. The number of nitrogens with zero attached hydrogens (tertiary/aromatic N) is 2. The number of unbranched alkanes of at least 4 members (excludes halogenated alkanes) is 1. The van der Waals surface area contributed by atoms with Gasteiger partial charge in [-0.15, -0.1) is 0 Å². The van der Waals surface area contributed by atoms with Crippen LogP contribution in [0.25, 0.3) is 0 Å². The molecule has 0 bridgehead atoms. The van der Waals surface area contributed by atoms with Crippen LogP contribution in [0.5, 0.6) is 0 Å². The Bertz CT molecular complexity index is 554. The summed E-state index contributed by atoms with van der Waals surface area (Å²) in [6.45, 7) is 4.33. The summed E-state index contributed by atoms with van der Waals surface area (Å²) in [5, 5.41) is 0. The highest BCUT2D eigenvalue weighted by molar-refractivity contribution is 6.05. The molecule has 0 N–H and O–H groups in total. The second-order valence-corrected chi connectivity index (χ2v) is 4.38. The average Bonchev–Trinajstić information content (AvgIpc) is 2.50. The fraction of sp³-hybridized carbons (Fsp3) is 0.188. The number of benzene rings is 1. The largest absolute Gasteiger partial charge is 0.308 e. The number of rotatable bonds is 5. The van der Waals surface area contributed by atoms with Crippen LogP contribution in [-0.2, 0) is 0 Å². The van der Waals surface area contributed by atoms with E-state index in [2.05, 4.69) is 11.9 Å². The Hall–Kier alpha value is -2.23. The lowest BCUT2D eigenvalue weighted by atomic mass is 10.2. The van der Waals surface area contributed by atoms with E-state index < -0.39 is 0 Å². The smallest absolute Gasteiger partial charge is 0.259 e. The van der Waals surface area contributed by atoms with Crippen LogP contribution < -0.4 is 4.90 Å². The van der Waals surface area contributed by atoms with Gasteiger partial charge in [-0.3, -0.25) is 9.78 Å². The summed E-state index contributed by atoms with van der Waals surface area (Å²) in [5.41, 5.74) is 1.19. The standard InChI is InChI=1S/C16H16FN2O/c1-2-3-11-19(15-8-6-14(17)7-9-15)16(20)13-5-4-10-18-12-13/h4-10,12H,1-3,11H2. The van der Waals surface area contributed by atoms with Crippen LogP contribution in [-0.4, -0.2) is 17.4 Å². The number of anilines is 1. The van der Waals surface area contributed by atoms with E-state index in [1.807, 2.05) is 0 Å². The van der Waals surface area contributed by atoms with E-state index in [0.29, 0.717) is 17.8 Å². The molecular formula is C16H16FN2O. The fourth-order valence-corrected chi connectivity index (χ4v) is 1.88. The highest BCUT2D eigenvalue weighted by atomic mass is 19.1. The number of pyridine rings is 1. The van der Waals surface area contributed by atoms with E-state index in [1.165, 1.54) is 18.3 Å². The van der Waals surface area contributed by atoms with Gasteiger partial charge in [0, 0.05) is 24.6 Å². The first-order valence-corrected chi connectivity index (χ1v) is 6.49. The second-order valence-electron chi connectivity index (χ2n) is 4.38. The molecule has 0 spiro atoms. The Balaban J connectivity index is 2.27. The number of amides is 1. The fourth-order valence-electron chi connectivity index (χ4n) is 1.88. The van der Waals surface area contributed by atoms with Crippen molar-refractivity contribution in [3.8, 4) is 0 Å². The van der Waals surface area contributed by atoms with Gasteiger partial charge in [0.15, 0.2) is 0 Å². The van der Waals surface area contributed by atoms with Crippen molar-refractivity contribution in [1.29, 1.82) is 0 Å². The quantitative estimate of drug-likeness (QED) is 0.834. The van der Waals surface area contributed by atoms with Crippen molar-refractivity contribution >= 4 is 11.6 Å². The molecule has 0 aliphatic heterocycles. The Morgan fingerprint density at radius 2 is 2.00 bits per heavy atom. The Labute approximate surface area is 118 Å². The molecule has 103 valence electrons. The van der Waals surface area contributed by atoms with E-state index in [9.17, 15) is 9.18 Å². The number of carbonyl (C=O) groups is 1. The summed E-state index contributed by atoms with van der Waals surface area (Å²) in [6.07, 6.45) is 4.67. The molecule has 2 aromatic rings. The van der Waals surface area contributed by atoms with Gasteiger partial charge in [0.05, 0.1) is 5.56 Å². The third-order valence-corrected chi connectivity index (χ3v) is 2.92. The van der Waals surface area contributed by atoms with Crippen LogP contribution in [0.2, 0.25) is 0 Å². The van der Waals surface area contributed by atoms with Crippen molar-refractivity contribution in [3.63, 3.8) is 0 Å². The highest BCUT2D eigenvalue weighted by Crippen LogP contribution is 2.18. The minimum absolute atomic E-state index is 0.141. The molecule has 3 nitrogen and oxygen atoms in total. The maximum atomic E-state index is 13.0. The van der Waals surface area contributed by atoms with Crippen molar-refractivity contribution in [2.45, 2.75) is 12.8 Å². The van der Waals surface area contributed by atoms with Gasteiger partial charge in [-0.05, 0) is 42.8 Å². The lowest BCUT2D eigenvalue weighted by Gasteiger charge is -2.22. The van der Waals surface area contributed by atoms with Crippen molar-refractivity contribution < 1.29 is 9.18 Å². The summed E-state index contributed by atoms with van der Waals surface area (Å²) >= 11 is 0. The average molecular weight is 271 g/mol. The van der Waals surface area contributed by atoms with Gasteiger partial charge in [0.25, 0.3) is 5.91 Å². The minimum Gasteiger partial charge on any atom is -0.308 e. The van der Waals surface area contributed by atoms with Crippen molar-refractivity contribution in [2.75, 3.05) is 11.4 Å². The predicted molar refractivity (Wildman–Crippen MR) is 76.9 cm³/mol. The maximum Gasteiger partial charge on any atom is 0.259 e. The first-order valence-electron chi connectivity index (χ1n) is 6.49. The van der Waals surface area contributed by atoms with Gasteiger partial charge in [-0.25, -0.2) is 4.39 Å². The first kappa shape index (κ1) is 14.2. The maximum absolute atomic E-state index is 13.0. The third kappa shape index (κ3) is 3.41. The summed E-state index contributed by atoms with van der Waals surface area (Å²) in [6, 6.07) is 9.35. The molecule has 0 unspecified atom stereocenters. The molecule has 1 amide bonds. The Kier molecular flexibility index (Phi) is 4.82. The second kappa shape index (κ2) is 6.80. The van der Waals surface area contributed by atoms with Crippen molar-refractivity contribution in [1.82, 2.24) is 4.98 Å². The molecule has 1 heterocycles. The molecule has 1 aromatic carbocycles. The molecular weight excluding hydrogens is 255 g/mol. The molecule has 1 radical (unpaired) electrons. The van der Waals surface area contributed by atoms with Gasteiger partial charge in [-0.2, -0.15) is 0 Å². The van der Waals surface area contributed by atoms with E-state index in [0.717, 1.165) is 12.8 Å². The predicted octanol–water partition coefficient (Wildman–Crippen LogP) is 3.48. The van der Waals surface area contributed by atoms with Crippen LogP contribution in [0.3, 0.4) is 0 Å². The zero-order valence-electron chi connectivity index (χ0n) is 11.1. The molecule has 0 saturated heterocycles. The molecule has 0 saturated carbocycles. The van der Waals surface area contributed by atoms with E-state index in [-0.39, 0.29) is 11.7 Å². The Morgan fingerprint density at radius 1 is 1.25 bits per heavy atom. The molecule has 0 aliphatic carbocycles. The van der Waals surface area contributed by atoms with E-state index >= 15 is 0 Å². The summed E-state index contributed by atoms with van der Waals surface area (Å²) in [4.78, 5) is 18.1. The van der Waals surface area contributed by atoms with Gasteiger partial charge >= 0.3 is 0 Å². The van der Waals surface area contributed by atoms with Crippen LogP contribution in [0.1, 0.15) is 23.2 Å². The lowest BCUT2D eigenvalue weighted by molar-refractivity contribution is 0.0986. The number of hydrogen-bond acceptors (Lipinski definition) is 2. The van der Waals surface area contributed by atoms with E-state index in [1.54, 1.807) is 35.4 Å². The SMILES string of the molecule is [CH2]CCCN(C(=O)c1cccnc1)c1ccc(F)cc1. The molecule has 4 heteroatoms. The van der Waals surface area contributed by atoms with Crippen LogP contribution in [0.4, 0.5) is 10.1 Å². The van der Waals surface area contributed by atoms with Crippen LogP contribution in [0, 0.1) is 12.7 Å². The van der Waals surface area contributed by atoms with Gasteiger partial charge in [0.2, 0.25) is 0 Å². The first-order chi connectivity index (χ1) is 9.72. The summed E-state index contributed by atoms with van der Waals surface area (Å²) in [5.74, 6) is -0.460.